The smallest absolute Gasteiger partial charge is 0.0594 e. The van der Waals surface area contributed by atoms with Crippen LogP contribution in [0.4, 0.5) is 0 Å². The van der Waals surface area contributed by atoms with Crippen LogP contribution >= 0.6 is 11.3 Å². The number of aliphatic hydroxyl groups is 1. The maximum Gasteiger partial charge on any atom is 0.0594 e. The normalized spacial score (nSPS) is 25.0. The third-order valence-corrected chi connectivity index (χ3v) is 6.70. The van der Waals surface area contributed by atoms with Gasteiger partial charge in [0.15, 0.2) is 0 Å². The number of nitrogens with zero attached hydrogens (tertiary/aromatic N) is 2. The number of benzene rings is 1. The third kappa shape index (κ3) is 4.35. The van der Waals surface area contributed by atoms with Crippen molar-refractivity contribution in [1.82, 2.24) is 9.80 Å². The molecule has 140 valence electrons. The summed E-state index contributed by atoms with van der Waals surface area (Å²) in [4.78, 5) is 7.77. The highest BCUT2D eigenvalue weighted by Crippen LogP contribution is 2.31. The Balaban J connectivity index is 1.36. The Kier molecular flexibility index (Phi) is 6.02. The van der Waals surface area contributed by atoms with Crippen molar-refractivity contribution in [1.29, 1.82) is 0 Å². The lowest BCUT2D eigenvalue weighted by molar-refractivity contribution is 0.0264. The maximum atomic E-state index is 9.84. The van der Waals surface area contributed by atoms with Crippen molar-refractivity contribution < 1.29 is 9.84 Å². The first kappa shape index (κ1) is 18.1. The summed E-state index contributed by atoms with van der Waals surface area (Å²) in [5.41, 5.74) is 1.30. The van der Waals surface area contributed by atoms with Crippen LogP contribution in [0, 0.1) is 11.8 Å². The molecule has 1 aromatic heterocycles. The fourth-order valence-electron chi connectivity index (χ4n) is 4.13. The first-order chi connectivity index (χ1) is 12.8. The molecular weight excluding hydrogens is 344 g/mol. The van der Waals surface area contributed by atoms with Crippen LogP contribution < -0.4 is 0 Å². The van der Waals surface area contributed by atoms with Gasteiger partial charge in [-0.05, 0) is 29.5 Å². The molecule has 0 radical (unpaired) electrons. The number of hydrogen-bond acceptors (Lipinski definition) is 5. The van der Waals surface area contributed by atoms with Crippen molar-refractivity contribution in [3.63, 3.8) is 0 Å². The monoisotopic (exact) mass is 372 g/mol. The van der Waals surface area contributed by atoms with E-state index >= 15 is 0 Å². The minimum absolute atomic E-state index is 0.297. The standard InChI is InChI=1S/C21H28N2O2S/c24-16-19-14-23(13-18(19)12-22-8-10-25-11-9-22)15-20-6-7-21(26-20)17-4-2-1-3-5-17/h1-7,18-19,24H,8-16H2/t18-,19-/m1/s1. The number of rotatable bonds is 6. The number of thiophene rings is 1. The largest absolute Gasteiger partial charge is 0.396 e. The zero-order valence-corrected chi connectivity index (χ0v) is 16.0. The van der Waals surface area contributed by atoms with Gasteiger partial charge in [-0.15, -0.1) is 11.3 Å². The molecule has 5 heteroatoms. The van der Waals surface area contributed by atoms with Gasteiger partial charge in [-0.25, -0.2) is 0 Å². The number of ether oxygens (including phenoxy) is 1. The van der Waals surface area contributed by atoms with Gasteiger partial charge in [0, 0.05) is 55.6 Å². The summed E-state index contributed by atoms with van der Waals surface area (Å²) in [5.74, 6) is 0.957. The fourth-order valence-corrected chi connectivity index (χ4v) is 5.19. The topological polar surface area (TPSA) is 35.9 Å². The second-order valence-corrected chi connectivity index (χ2v) is 8.61. The summed E-state index contributed by atoms with van der Waals surface area (Å²) in [6.07, 6.45) is 0. The molecule has 2 aliphatic rings. The molecule has 0 aliphatic carbocycles. The minimum Gasteiger partial charge on any atom is -0.396 e. The first-order valence-corrected chi connectivity index (χ1v) is 10.4. The molecule has 2 fully saturated rings. The summed E-state index contributed by atoms with van der Waals surface area (Å²) in [5, 5.41) is 9.84. The Morgan fingerprint density at radius 1 is 0.962 bits per heavy atom. The molecule has 3 heterocycles. The van der Waals surface area contributed by atoms with Crippen LogP contribution in [-0.2, 0) is 11.3 Å². The minimum atomic E-state index is 0.297. The molecule has 26 heavy (non-hydrogen) atoms. The molecular formula is C21H28N2O2S. The quantitative estimate of drug-likeness (QED) is 0.846. The molecule has 4 rings (SSSR count). The van der Waals surface area contributed by atoms with Crippen LogP contribution in [0.3, 0.4) is 0 Å². The lowest BCUT2D eigenvalue weighted by atomic mass is 9.96. The molecule has 2 saturated heterocycles. The van der Waals surface area contributed by atoms with Crippen molar-refractivity contribution in [3.8, 4) is 10.4 Å². The van der Waals surface area contributed by atoms with Gasteiger partial charge in [0.1, 0.15) is 0 Å². The number of aliphatic hydroxyl groups excluding tert-OH is 1. The molecule has 2 atom stereocenters. The third-order valence-electron chi connectivity index (χ3n) is 5.58. The van der Waals surface area contributed by atoms with Gasteiger partial charge in [-0.1, -0.05) is 30.3 Å². The van der Waals surface area contributed by atoms with Crippen molar-refractivity contribution in [2.75, 3.05) is 52.5 Å². The van der Waals surface area contributed by atoms with Gasteiger partial charge in [0.25, 0.3) is 0 Å². The van der Waals surface area contributed by atoms with Crippen molar-refractivity contribution in [2.24, 2.45) is 11.8 Å². The fraction of sp³-hybridized carbons (Fsp3) is 0.524. The Bertz CT molecular complexity index is 684. The van der Waals surface area contributed by atoms with Crippen molar-refractivity contribution in [2.45, 2.75) is 6.54 Å². The highest BCUT2D eigenvalue weighted by atomic mass is 32.1. The molecule has 1 N–H and O–H groups in total. The molecule has 2 aliphatic heterocycles. The summed E-state index contributed by atoms with van der Waals surface area (Å²) >= 11 is 1.89. The van der Waals surface area contributed by atoms with Crippen LogP contribution in [-0.4, -0.2) is 67.5 Å². The number of likely N-dealkylation sites (tertiary alicyclic amines) is 1. The zero-order chi connectivity index (χ0) is 17.8. The van der Waals surface area contributed by atoms with Gasteiger partial charge < -0.3 is 9.84 Å². The van der Waals surface area contributed by atoms with E-state index in [1.54, 1.807) is 0 Å². The molecule has 2 aromatic rings. The lowest BCUT2D eigenvalue weighted by Crippen LogP contribution is -2.41. The maximum absolute atomic E-state index is 9.84. The Morgan fingerprint density at radius 3 is 2.50 bits per heavy atom. The van der Waals surface area contributed by atoms with Crippen LogP contribution in [0.25, 0.3) is 10.4 Å². The van der Waals surface area contributed by atoms with Gasteiger partial charge in [0.2, 0.25) is 0 Å². The average Bonchev–Trinajstić information content (AvgIpc) is 3.30. The predicted molar refractivity (Wildman–Crippen MR) is 106 cm³/mol. The van der Waals surface area contributed by atoms with Crippen LogP contribution in [0.1, 0.15) is 4.88 Å². The Labute approximate surface area is 160 Å². The molecule has 0 spiro atoms. The second-order valence-electron chi connectivity index (χ2n) is 7.44. The number of hydrogen-bond donors (Lipinski definition) is 1. The summed E-state index contributed by atoms with van der Waals surface area (Å²) in [6, 6.07) is 15.1. The first-order valence-electron chi connectivity index (χ1n) is 9.59. The van der Waals surface area contributed by atoms with Gasteiger partial charge in [-0.3, -0.25) is 9.80 Å². The molecule has 1 aromatic carbocycles. The van der Waals surface area contributed by atoms with E-state index in [-0.39, 0.29) is 0 Å². The molecule has 0 unspecified atom stereocenters. The SMILES string of the molecule is OC[C@H]1CN(Cc2ccc(-c3ccccc3)s2)C[C@H]1CN1CCOCC1. The van der Waals surface area contributed by atoms with Crippen LogP contribution in [0.5, 0.6) is 0 Å². The van der Waals surface area contributed by atoms with Crippen molar-refractivity contribution in [3.05, 3.63) is 47.3 Å². The predicted octanol–water partition coefficient (Wildman–Crippen LogP) is 2.79. The highest BCUT2D eigenvalue weighted by molar-refractivity contribution is 7.15. The van der Waals surface area contributed by atoms with E-state index in [2.05, 4.69) is 52.3 Å². The molecule has 4 nitrogen and oxygen atoms in total. The van der Waals surface area contributed by atoms with E-state index in [9.17, 15) is 5.11 Å². The average molecular weight is 373 g/mol. The summed E-state index contributed by atoms with van der Waals surface area (Å²) in [6.45, 7) is 8.21. The lowest BCUT2D eigenvalue weighted by Gasteiger charge is -2.30. The second kappa shape index (κ2) is 8.63. The van der Waals surface area contributed by atoms with Gasteiger partial charge in [0.05, 0.1) is 13.2 Å². The van der Waals surface area contributed by atoms with Crippen molar-refractivity contribution >= 4 is 11.3 Å². The van der Waals surface area contributed by atoms with E-state index in [1.165, 1.54) is 15.3 Å². The van der Waals surface area contributed by atoms with E-state index in [1.807, 2.05) is 11.3 Å². The summed E-state index contributed by atoms with van der Waals surface area (Å²) in [7, 11) is 0. The van der Waals surface area contributed by atoms with E-state index in [4.69, 9.17) is 4.74 Å². The van der Waals surface area contributed by atoms with E-state index in [0.717, 1.165) is 52.5 Å². The Hall–Kier alpha value is -1.24. The Morgan fingerprint density at radius 2 is 1.73 bits per heavy atom. The zero-order valence-electron chi connectivity index (χ0n) is 15.2. The molecule has 0 bridgehead atoms. The van der Waals surface area contributed by atoms with E-state index < -0.39 is 0 Å². The van der Waals surface area contributed by atoms with Crippen LogP contribution in [0.2, 0.25) is 0 Å². The molecule has 0 amide bonds. The number of morpholine rings is 1. The molecule has 0 saturated carbocycles. The van der Waals surface area contributed by atoms with Gasteiger partial charge >= 0.3 is 0 Å². The van der Waals surface area contributed by atoms with Gasteiger partial charge in [-0.2, -0.15) is 0 Å². The summed E-state index contributed by atoms with van der Waals surface area (Å²) < 4.78 is 5.46. The highest BCUT2D eigenvalue weighted by Gasteiger charge is 2.33. The van der Waals surface area contributed by atoms with Crippen LogP contribution in [0.15, 0.2) is 42.5 Å². The van der Waals surface area contributed by atoms with E-state index in [0.29, 0.717) is 18.4 Å².